The van der Waals surface area contributed by atoms with Crippen LogP contribution in [-0.4, -0.2) is 62.4 Å². The van der Waals surface area contributed by atoms with Gasteiger partial charge in [0.25, 0.3) is 0 Å². The molecule has 4 rings (SSSR count). The molecule has 1 aliphatic rings. The van der Waals surface area contributed by atoms with Gasteiger partial charge in [-0.25, -0.2) is 0 Å². The van der Waals surface area contributed by atoms with Crippen molar-refractivity contribution >= 4 is 17.7 Å². The first-order valence-electron chi connectivity index (χ1n) is 10.3. The van der Waals surface area contributed by atoms with Crippen molar-refractivity contribution in [3.8, 4) is 5.69 Å². The fourth-order valence-corrected chi connectivity index (χ4v) is 4.47. The number of aryl methyl sites for hydroxylation is 1. The number of hydrogen-bond donors (Lipinski definition) is 0. The smallest absolute Gasteiger partial charge is 0.233 e. The number of rotatable bonds is 6. The Labute approximate surface area is 181 Å². The lowest BCUT2D eigenvalue weighted by atomic mass is 10.2. The van der Waals surface area contributed by atoms with Crippen LogP contribution in [0, 0.1) is 6.92 Å². The van der Waals surface area contributed by atoms with Crippen molar-refractivity contribution in [1.29, 1.82) is 0 Å². The number of thioether (sulfide) groups is 1. The molecule has 2 heterocycles. The number of carbonyl (C=O) groups is 1. The zero-order valence-electron chi connectivity index (χ0n) is 17.3. The number of amides is 1. The lowest BCUT2D eigenvalue weighted by Crippen LogP contribution is -2.36. The van der Waals surface area contributed by atoms with Crippen LogP contribution in [0.4, 0.5) is 0 Å². The molecule has 1 aliphatic heterocycles. The molecule has 0 radical (unpaired) electrons. The Balaban J connectivity index is 1.31. The van der Waals surface area contributed by atoms with Gasteiger partial charge in [-0.1, -0.05) is 59.8 Å². The highest BCUT2D eigenvalue weighted by molar-refractivity contribution is 7.99. The molecule has 0 N–H and O–H groups in total. The van der Waals surface area contributed by atoms with Gasteiger partial charge in [-0.15, -0.1) is 10.2 Å². The summed E-state index contributed by atoms with van der Waals surface area (Å²) in [5, 5.41) is 8.99. The summed E-state index contributed by atoms with van der Waals surface area (Å²) < 4.78 is 1.93. The number of benzene rings is 2. The Morgan fingerprint density at radius 3 is 2.60 bits per heavy atom. The predicted molar refractivity (Wildman–Crippen MR) is 120 cm³/mol. The summed E-state index contributed by atoms with van der Waals surface area (Å²) in [5.74, 6) is 0.545. The lowest BCUT2D eigenvalue weighted by Gasteiger charge is -2.22. The van der Waals surface area contributed by atoms with Crippen LogP contribution in [0.2, 0.25) is 0 Å². The third-order valence-electron chi connectivity index (χ3n) is 5.34. The highest BCUT2D eigenvalue weighted by Crippen LogP contribution is 2.20. The van der Waals surface area contributed by atoms with Gasteiger partial charge < -0.3 is 4.90 Å². The van der Waals surface area contributed by atoms with E-state index in [2.05, 4.69) is 58.4 Å². The molecule has 0 unspecified atom stereocenters. The SMILES string of the molecule is Cc1ccc(-n2cnnc2SCC(=O)N2CCCN(Cc3ccccc3)CC2)cc1. The Bertz CT molecular complexity index is 957. The van der Waals surface area contributed by atoms with E-state index in [0.29, 0.717) is 5.75 Å². The van der Waals surface area contributed by atoms with Crippen LogP contribution >= 0.6 is 11.8 Å². The highest BCUT2D eigenvalue weighted by Gasteiger charge is 2.20. The van der Waals surface area contributed by atoms with E-state index in [-0.39, 0.29) is 5.91 Å². The number of carbonyl (C=O) groups excluding carboxylic acids is 1. The van der Waals surface area contributed by atoms with Gasteiger partial charge in [-0.2, -0.15) is 0 Å². The van der Waals surface area contributed by atoms with Crippen LogP contribution in [0.25, 0.3) is 5.69 Å². The molecule has 1 amide bonds. The van der Waals surface area contributed by atoms with Crippen LogP contribution in [0.1, 0.15) is 17.5 Å². The Kier molecular flexibility index (Phi) is 6.81. The van der Waals surface area contributed by atoms with E-state index >= 15 is 0 Å². The Hall–Kier alpha value is -2.64. The van der Waals surface area contributed by atoms with Crippen molar-refractivity contribution in [3.63, 3.8) is 0 Å². The van der Waals surface area contributed by atoms with E-state index < -0.39 is 0 Å². The molecule has 3 aromatic rings. The first-order chi connectivity index (χ1) is 14.7. The van der Waals surface area contributed by atoms with Gasteiger partial charge in [0.15, 0.2) is 5.16 Å². The quantitative estimate of drug-likeness (QED) is 0.571. The predicted octanol–water partition coefficient (Wildman–Crippen LogP) is 3.40. The van der Waals surface area contributed by atoms with Gasteiger partial charge in [0, 0.05) is 38.4 Å². The maximum absolute atomic E-state index is 12.8. The molecule has 2 aromatic carbocycles. The lowest BCUT2D eigenvalue weighted by molar-refractivity contribution is -0.128. The van der Waals surface area contributed by atoms with E-state index in [9.17, 15) is 4.79 Å². The minimum Gasteiger partial charge on any atom is -0.341 e. The summed E-state index contributed by atoms with van der Waals surface area (Å²) in [5.41, 5.74) is 3.54. The first-order valence-corrected chi connectivity index (χ1v) is 11.3. The van der Waals surface area contributed by atoms with Gasteiger partial charge in [0.1, 0.15) is 6.33 Å². The van der Waals surface area contributed by atoms with Gasteiger partial charge in [0.2, 0.25) is 5.91 Å². The summed E-state index contributed by atoms with van der Waals surface area (Å²) in [6.45, 7) is 6.52. The molecule has 1 aromatic heterocycles. The van der Waals surface area contributed by atoms with Crippen LogP contribution < -0.4 is 0 Å². The van der Waals surface area contributed by atoms with E-state index in [1.54, 1.807) is 6.33 Å². The van der Waals surface area contributed by atoms with E-state index in [1.807, 2.05) is 27.7 Å². The highest BCUT2D eigenvalue weighted by atomic mass is 32.2. The summed E-state index contributed by atoms with van der Waals surface area (Å²) >= 11 is 1.45. The third kappa shape index (κ3) is 5.29. The molecule has 0 spiro atoms. The molecule has 156 valence electrons. The molecule has 7 heteroatoms. The molecule has 1 fully saturated rings. The molecule has 6 nitrogen and oxygen atoms in total. The average Bonchev–Trinajstić information content (AvgIpc) is 3.11. The standard InChI is InChI=1S/C23H27N5OS/c1-19-8-10-21(11-9-19)28-18-24-25-23(28)30-17-22(29)27-13-5-12-26(14-15-27)16-20-6-3-2-4-7-20/h2-4,6-11,18H,5,12-17H2,1H3. The second-order valence-corrected chi connectivity index (χ2v) is 8.55. The Morgan fingerprint density at radius 2 is 1.80 bits per heavy atom. The van der Waals surface area contributed by atoms with Crippen LogP contribution in [0.15, 0.2) is 66.1 Å². The second-order valence-electron chi connectivity index (χ2n) is 7.60. The number of aromatic nitrogens is 3. The fourth-order valence-electron chi connectivity index (χ4n) is 3.64. The topological polar surface area (TPSA) is 54.3 Å². The first kappa shape index (κ1) is 20.6. The van der Waals surface area contributed by atoms with E-state index in [1.165, 1.54) is 22.9 Å². The van der Waals surface area contributed by atoms with Crippen molar-refractivity contribution in [3.05, 3.63) is 72.1 Å². The molecule has 0 atom stereocenters. The van der Waals surface area contributed by atoms with Gasteiger partial charge in [0.05, 0.1) is 5.75 Å². The molecule has 1 saturated heterocycles. The molecule has 0 saturated carbocycles. The van der Waals surface area contributed by atoms with Crippen LogP contribution in [0.3, 0.4) is 0 Å². The summed E-state index contributed by atoms with van der Waals surface area (Å²) in [6.07, 6.45) is 2.70. The Morgan fingerprint density at radius 1 is 1.00 bits per heavy atom. The van der Waals surface area contributed by atoms with Crippen molar-refractivity contribution in [2.24, 2.45) is 0 Å². The van der Waals surface area contributed by atoms with E-state index in [4.69, 9.17) is 0 Å². The van der Waals surface area contributed by atoms with Crippen molar-refractivity contribution in [2.75, 3.05) is 31.9 Å². The zero-order valence-corrected chi connectivity index (χ0v) is 18.1. The normalized spacial score (nSPS) is 15.2. The van der Waals surface area contributed by atoms with Gasteiger partial charge in [-0.3, -0.25) is 14.3 Å². The maximum atomic E-state index is 12.8. The minimum absolute atomic E-state index is 0.167. The summed E-state index contributed by atoms with van der Waals surface area (Å²) in [4.78, 5) is 17.3. The largest absolute Gasteiger partial charge is 0.341 e. The van der Waals surface area contributed by atoms with Gasteiger partial charge in [-0.05, 0) is 31.0 Å². The van der Waals surface area contributed by atoms with E-state index in [0.717, 1.165) is 50.0 Å². The zero-order chi connectivity index (χ0) is 20.8. The minimum atomic E-state index is 0.167. The molecule has 30 heavy (non-hydrogen) atoms. The molecule has 0 aliphatic carbocycles. The number of nitrogens with zero attached hydrogens (tertiary/aromatic N) is 5. The molecule has 0 bridgehead atoms. The summed E-state index contributed by atoms with van der Waals surface area (Å²) in [7, 11) is 0. The molecular formula is C23H27N5OS. The van der Waals surface area contributed by atoms with Crippen molar-refractivity contribution in [2.45, 2.75) is 25.0 Å². The van der Waals surface area contributed by atoms with Gasteiger partial charge >= 0.3 is 0 Å². The average molecular weight is 422 g/mol. The second kappa shape index (κ2) is 9.91. The van der Waals surface area contributed by atoms with Crippen LogP contribution in [-0.2, 0) is 11.3 Å². The van der Waals surface area contributed by atoms with Crippen LogP contribution in [0.5, 0.6) is 0 Å². The van der Waals surface area contributed by atoms with Crippen molar-refractivity contribution in [1.82, 2.24) is 24.6 Å². The number of hydrogen-bond acceptors (Lipinski definition) is 5. The molecular weight excluding hydrogens is 394 g/mol. The monoisotopic (exact) mass is 421 g/mol. The third-order valence-corrected chi connectivity index (χ3v) is 6.27. The fraction of sp³-hybridized carbons (Fsp3) is 0.348. The maximum Gasteiger partial charge on any atom is 0.233 e. The van der Waals surface area contributed by atoms with Crippen molar-refractivity contribution < 1.29 is 4.79 Å². The summed E-state index contributed by atoms with van der Waals surface area (Å²) in [6, 6.07) is 18.7.